The van der Waals surface area contributed by atoms with Gasteiger partial charge in [0.1, 0.15) is 5.75 Å². The van der Waals surface area contributed by atoms with Crippen molar-refractivity contribution in [2.75, 3.05) is 27.9 Å². The average Bonchev–Trinajstić information content (AvgIpc) is 2.58. The zero-order chi connectivity index (χ0) is 16.7. The summed E-state index contributed by atoms with van der Waals surface area (Å²) in [6, 6.07) is 12.4. The molecule has 4 nitrogen and oxygen atoms in total. The lowest BCUT2D eigenvalue weighted by Gasteiger charge is -2.14. The Morgan fingerprint density at radius 1 is 0.870 bits per heavy atom. The minimum absolute atomic E-state index is 0.681. The standard InChI is InChI=1S/C19H25NO3/c1-14-6-5-7-15(10-14)13-20-9-8-16-11-18(22-3)19(23-4)12-17(16)21-2/h5-7,10-12,20H,8-9,13H2,1-4H3. The summed E-state index contributed by atoms with van der Waals surface area (Å²) in [4.78, 5) is 0. The molecule has 0 atom stereocenters. The van der Waals surface area contributed by atoms with E-state index in [9.17, 15) is 0 Å². The smallest absolute Gasteiger partial charge is 0.164 e. The third-order valence-corrected chi connectivity index (χ3v) is 3.77. The molecular formula is C19H25NO3. The molecule has 0 aliphatic rings. The van der Waals surface area contributed by atoms with Crippen LogP contribution in [0.15, 0.2) is 36.4 Å². The molecule has 0 fully saturated rings. The fourth-order valence-corrected chi connectivity index (χ4v) is 2.57. The molecule has 0 aromatic heterocycles. The fourth-order valence-electron chi connectivity index (χ4n) is 2.57. The Bertz CT molecular complexity index is 641. The van der Waals surface area contributed by atoms with Gasteiger partial charge >= 0.3 is 0 Å². The Balaban J connectivity index is 1.97. The minimum atomic E-state index is 0.681. The van der Waals surface area contributed by atoms with Crippen LogP contribution in [0, 0.1) is 6.92 Å². The molecule has 0 aliphatic carbocycles. The van der Waals surface area contributed by atoms with Crippen molar-refractivity contribution in [1.82, 2.24) is 5.32 Å². The average molecular weight is 315 g/mol. The Kier molecular flexibility index (Phi) is 6.29. The maximum Gasteiger partial charge on any atom is 0.164 e. The zero-order valence-electron chi connectivity index (χ0n) is 14.3. The highest BCUT2D eigenvalue weighted by Gasteiger charge is 2.11. The molecule has 0 radical (unpaired) electrons. The van der Waals surface area contributed by atoms with Crippen molar-refractivity contribution in [3.63, 3.8) is 0 Å². The summed E-state index contributed by atoms with van der Waals surface area (Å²) < 4.78 is 16.1. The second-order valence-electron chi connectivity index (χ2n) is 5.43. The topological polar surface area (TPSA) is 39.7 Å². The van der Waals surface area contributed by atoms with Crippen LogP contribution in [0.4, 0.5) is 0 Å². The van der Waals surface area contributed by atoms with E-state index in [1.54, 1.807) is 21.3 Å². The van der Waals surface area contributed by atoms with E-state index in [0.717, 1.165) is 36.6 Å². The van der Waals surface area contributed by atoms with Crippen LogP contribution in [0.5, 0.6) is 17.2 Å². The molecule has 1 N–H and O–H groups in total. The van der Waals surface area contributed by atoms with E-state index < -0.39 is 0 Å². The number of hydrogen-bond donors (Lipinski definition) is 1. The molecule has 0 amide bonds. The maximum atomic E-state index is 5.46. The van der Waals surface area contributed by atoms with Crippen molar-refractivity contribution in [3.05, 3.63) is 53.1 Å². The first kappa shape index (κ1) is 17.2. The van der Waals surface area contributed by atoms with Gasteiger partial charge in [0.15, 0.2) is 11.5 Å². The van der Waals surface area contributed by atoms with Gasteiger partial charge in [-0.15, -0.1) is 0 Å². The Morgan fingerprint density at radius 2 is 1.57 bits per heavy atom. The molecule has 2 aromatic carbocycles. The number of nitrogens with one attached hydrogen (secondary N) is 1. The van der Waals surface area contributed by atoms with Gasteiger partial charge in [0.05, 0.1) is 21.3 Å². The van der Waals surface area contributed by atoms with E-state index in [1.807, 2.05) is 12.1 Å². The molecule has 0 saturated heterocycles. The van der Waals surface area contributed by atoms with Gasteiger partial charge in [-0.2, -0.15) is 0 Å². The first-order chi connectivity index (χ1) is 11.2. The monoisotopic (exact) mass is 315 g/mol. The molecule has 0 unspecified atom stereocenters. The van der Waals surface area contributed by atoms with E-state index in [-0.39, 0.29) is 0 Å². The molecule has 2 rings (SSSR count). The number of rotatable bonds is 8. The number of methoxy groups -OCH3 is 3. The number of hydrogen-bond acceptors (Lipinski definition) is 4. The molecule has 23 heavy (non-hydrogen) atoms. The van der Waals surface area contributed by atoms with E-state index in [0.29, 0.717) is 5.75 Å². The van der Waals surface area contributed by atoms with Gasteiger partial charge in [0, 0.05) is 12.6 Å². The van der Waals surface area contributed by atoms with Crippen LogP contribution in [0.1, 0.15) is 16.7 Å². The predicted octanol–water partition coefficient (Wildman–Crippen LogP) is 3.35. The van der Waals surface area contributed by atoms with Crippen molar-refractivity contribution in [1.29, 1.82) is 0 Å². The third-order valence-electron chi connectivity index (χ3n) is 3.77. The first-order valence-corrected chi connectivity index (χ1v) is 7.73. The molecule has 0 aliphatic heterocycles. The highest BCUT2D eigenvalue weighted by atomic mass is 16.5. The summed E-state index contributed by atoms with van der Waals surface area (Å²) >= 11 is 0. The number of aryl methyl sites for hydroxylation is 1. The molecule has 0 saturated carbocycles. The van der Waals surface area contributed by atoms with Crippen molar-refractivity contribution in [3.8, 4) is 17.2 Å². The normalized spacial score (nSPS) is 10.4. The first-order valence-electron chi connectivity index (χ1n) is 7.73. The predicted molar refractivity (Wildman–Crippen MR) is 92.7 cm³/mol. The fraction of sp³-hybridized carbons (Fsp3) is 0.368. The highest BCUT2D eigenvalue weighted by molar-refractivity contribution is 5.50. The number of benzene rings is 2. The van der Waals surface area contributed by atoms with Gasteiger partial charge < -0.3 is 19.5 Å². The van der Waals surface area contributed by atoms with Crippen LogP contribution < -0.4 is 19.5 Å². The van der Waals surface area contributed by atoms with Crippen molar-refractivity contribution >= 4 is 0 Å². The zero-order valence-corrected chi connectivity index (χ0v) is 14.3. The molecule has 2 aromatic rings. The van der Waals surface area contributed by atoms with Crippen LogP contribution >= 0.6 is 0 Å². The summed E-state index contributed by atoms with van der Waals surface area (Å²) in [5, 5.41) is 3.47. The van der Waals surface area contributed by atoms with E-state index in [1.165, 1.54) is 11.1 Å². The molecule has 0 heterocycles. The summed E-state index contributed by atoms with van der Waals surface area (Å²) in [5.74, 6) is 2.22. The van der Waals surface area contributed by atoms with Gasteiger partial charge in [0.2, 0.25) is 0 Å². The summed E-state index contributed by atoms with van der Waals surface area (Å²) in [7, 11) is 4.94. The second kappa shape index (κ2) is 8.44. The molecule has 4 heteroatoms. The van der Waals surface area contributed by atoms with Gasteiger partial charge in [-0.25, -0.2) is 0 Å². The summed E-state index contributed by atoms with van der Waals surface area (Å²) in [5.41, 5.74) is 3.68. The van der Waals surface area contributed by atoms with Gasteiger partial charge in [-0.3, -0.25) is 0 Å². The Labute approximate surface area is 138 Å². The Hall–Kier alpha value is -2.20. The molecule has 124 valence electrons. The van der Waals surface area contributed by atoms with Crippen LogP contribution in [0.2, 0.25) is 0 Å². The van der Waals surface area contributed by atoms with Crippen molar-refractivity contribution in [2.24, 2.45) is 0 Å². The summed E-state index contributed by atoms with van der Waals surface area (Å²) in [6.45, 7) is 3.83. The van der Waals surface area contributed by atoms with E-state index in [2.05, 4.69) is 36.5 Å². The lowest BCUT2D eigenvalue weighted by molar-refractivity contribution is 0.347. The van der Waals surface area contributed by atoms with Crippen LogP contribution in [-0.2, 0) is 13.0 Å². The highest BCUT2D eigenvalue weighted by Crippen LogP contribution is 2.34. The van der Waals surface area contributed by atoms with Gasteiger partial charge in [0.25, 0.3) is 0 Å². The molecule has 0 spiro atoms. The maximum absolute atomic E-state index is 5.46. The quantitative estimate of drug-likeness (QED) is 0.758. The lowest BCUT2D eigenvalue weighted by Crippen LogP contribution is -2.17. The van der Waals surface area contributed by atoms with Crippen LogP contribution in [-0.4, -0.2) is 27.9 Å². The lowest BCUT2D eigenvalue weighted by atomic mass is 10.1. The van der Waals surface area contributed by atoms with Crippen LogP contribution in [0.3, 0.4) is 0 Å². The van der Waals surface area contributed by atoms with Crippen molar-refractivity contribution < 1.29 is 14.2 Å². The van der Waals surface area contributed by atoms with E-state index >= 15 is 0 Å². The van der Waals surface area contributed by atoms with Crippen molar-refractivity contribution in [2.45, 2.75) is 19.9 Å². The minimum Gasteiger partial charge on any atom is -0.496 e. The molecular weight excluding hydrogens is 290 g/mol. The SMILES string of the molecule is COc1cc(OC)c(OC)cc1CCNCc1cccc(C)c1. The van der Waals surface area contributed by atoms with Gasteiger partial charge in [-0.1, -0.05) is 29.8 Å². The number of ether oxygens (including phenoxy) is 3. The largest absolute Gasteiger partial charge is 0.496 e. The van der Waals surface area contributed by atoms with Crippen LogP contribution in [0.25, 0.3) is 0 Å². The third kappa shape index (κ3) is 4.63. The van der Waals surface area contributed by atoms with E-state index in [4.69, 9.17) is 14.2 Å². The molecule has 0 bridgehead atoms. The Morgan fingerprint density at radius 3 is 2.22 bits per heavy atom. The summed E-state index contributed by atoms with van der Waals surface area (Å²) in [6.07, 6.45) is 0.856. The second-order valence-corrected chi connectivity index (χ2v) is 5.43. The van der Waals surface area contributed by atoms with Gasteiger partial charge in [-0.05, 0) is 37.1 Å².